The fraction of sp³-hybridized carbons (Fsp3) is 0.323. The highest BCUT2D eigenvalue weighted by molar-refractivity contribution is 6.23. The molecule has 4 amide bonds. The van der Waals surface area contributed by atoms with Gasteiger partial charge in [-0.3, -0.25) is 39.8 Å². The predicted octanol–water partition coefficient (Wildman–Crippen LogP) is 3.56. The van der Waals surface area contributed by atoms with Crippen molar-refractivity contribution in [3.63, 3.8) is 0 Å². The molecule has 216 valence electrons. The van der Waals surface area contributed by atoms with Crippen LogP contribution < -0.4 is 16.0 Å². The molecule has 1 fully saturated rings. The summed E-state index contributed by atoms with van der Waals surface area (Å²) in [4.78, 5) is 59.4. The van der Waals surface area contributed by atoms with E-state index < -0.39 is 29.7 Å². The number of nitrogens with zero attached hydrogens (tertiary/aromatic N) is 3. The zero-order chi connectivity index (χ0) is 29.6. The second-order valence-corrected chi connectivity index (χ2v) is 10.4. The van der Waals surface area contributed by atoms with Crippen LogP contribution in [0.4, 0.5) is 5.69 Å². The number of hydrogen-bond donors (Lipinski definition) is 4. The van der Waals surface area contributed by atoms with E-state index in [1.165, 1.54) is 0 Å². The SMILES string of the molecule is C/C(=C/NCCCCCCNc1ccc2c(c1)C(=O)N(C1CCC(=O)NC1=O)C2=O)C(=N)c1cnc2ccccc2n1. The molecule has 2 aliphatic heterocycles. The van der Waals surface area contributed by atoms with Crippen LogP contribution in [-0.4, -0.2) is 63.3 Å². The zero-order valence-electron chi connectivity index (χ0n) is 23.4. The van der Waals surface area contributed by atoms with Crippen LogP contribution in [0.15, 0.2) is 60.4 Å². The van der Waals surface area contributed by atoms with Crippen molar-refractivity contribution in [3.05, 3.63) is 77.3 Å². The van der Waals surface area contributed by atoms with Gasteiger partial charge in [0.1, 0.15) is 11.7 Å². The molecular weight excluding hydrogens is 534 g/mol. The number of para-hydroxylation sites is 2. The number of amides is 4. The van der Waals surface area contributed by atoms with Gasteiger partial charge in [-0.1, -0.05) is 25.0 Å². The van der Waals surface area contributed by atoms with Crippen LogP contribution in [-0.2, 0) is 9.59 Å². The van der Waals surface area contributed by atoms with Crippen LogP contribution in [0.3, 0.4) is 0 Å². The van der Waals surface area contributed by atoms with E-state index in [9.17, 15) is 19.2 Å². The molecule has 2 aromatic carbocycles. The Morgan fingerprint density at radius 1 is 1.00 bits per heavy atom. The van der Waals surface area contributed by atoms with Crippen LogP contribution in [0.25, 0.3) is 11.0 Å². The summed E-state index contributed by atoms with van der Waals surface area (Å²) in [6.45, 7) is 3.40. The highest BCUT2D eigenvalue weighted by atomic mass is 16.2. The van der Waals surface area contributed by atoms with Crippen LogP contribution in [0.1, 0.15) is 71.9 Å². The first-order chi connectivity index (χ1) is 20.3. The van der Waals surface area contributed by atoms with E-state index in [2.05, 4.69) is 25.9 Å². The molecule has 4 N–H and O–H groups in total. The average Bonchev–Trinajstić information content (AvgIpc) is 3.24. The molecule has 0 saturated carbocycles. The van der Waals surface area contributed by atoms with Gasteiger partial charge < -0.3 is 10.6 Å². The monoisotopic (exact) mass is 567 g/mol. The number of fused-ring (bicyclic) bond motifs is 2. The Morgan fingerprint density at radius 2 is 1.74 bits per heavy atom. The molecule has 11 nitrogen and oxygen atoms in total. The smallest absolute Gasteiger partial charge is 0.262 e. The normalized spacial score (nSPS) is 16.9. The minimum atomic E-state index is -0.966. The lowest BCUT2D eigenvalue weighted by molar-refractivity contribution is -0.136. The highest BCUT2D eigenvalue weighted by Crippen LogP contribution is 2.29. The zero-order valence-corrected chi connectivity index (χ0v) is 23.4. The topological polar surface area (TPSA) is 157 Å². The Kier molecular flexibility index (Phi) is 8.66. The summed E-state index contributed by atoms with van der Waals surface area (Å²) in [7, 11) is 0. The van der Waals surface area contributed by atoms with Crippen LogP contribution >= 0.6 is 0 Å². The Labute approximate surface area is 243 Å². The number of piperidine rings is 1. The lowest BCUT2D eigenvalue weighted by Gasteiger charge is -2.27. The summed E-state index contributed by atoms with van der Waals surface area (Å²) in [5.74, 6) is -2.03. The third kappa shape index (κ3) is 6.19. The molecule has 0 aliphatic carbocycles. The number of unbranched alkanes of at least 4 members (excludes halogenated alkanes) is 3. The quantitative estimate of drug-likeness (QED) is 0.147. The molecule has 1 atom stereocenters. The summed E-state index contributed by atoms with van der Waals surface area (Å²) in [5.41, 5.74) is 4.53. The van der Waals surface area contributed by atoms with Gasteiger partial charge in [0, 0.05) is 31.4 Å². The molecule has 11 heteroatoms. The Bertz CT molecular complexity index is 1600. The molecule has 0 bridgehead atoms. The maximum Gasteiger partial charge on any atom is 0.262 e. The molecule has 1 unspecified atom stereocenters. The summed E-state index contributed by atoms with van der Waals surface area (Å²) >= 11 is 0. The number of allylic oxidation sites excluding steroid dienone is 1. The van der Waals surface area contributed by atoms with Crippen molar-refractivity contribution < 1.29 is 19.2 Å². The van der Waals surface area contributed by atoms with Crippen molar-refractivity contribution >= 4 is 46.1 Å². The van der Waals surface area contributed by atoms with Crippen molar-refractivity contribution in [1.29, 1.82) is 5.41 Å². The second kappa shape index (κ2) is 12.7. The minimum absolute atomic E-state index is 0.0927. The van der Waals surface area contributed by atoms with E-state index in [1.807, 2.05) is 37.4 Å². The number of hydrogen-bond acceptors (Lipinski definition) is 9. The second-order valence-electron chi connectivity index (χ2n) is 10.4. The Morgan fingerprint density at radius 3 is 2.52 bits per heavy atom. The molecule has 42 heavy (non-hydrogen) atoms. The molecule has 3 heterocycles. The van der Waals surface area contributed by atoms with Crippen LogP contribution in [0.2, 0.25) is 0 Å². The molecule has 1 saturated heterocycles. The van der Waals surface area contributed by atoms with Gasteiger partial charge in [-0.25, -0.2) is 4.98 Å². The van der Waals surface area contributed by atoms with E-state index in [4.69, 9.17) is 5.41 Å². The van der Waals surface area contributed by atoms with Gasteiger partial charge in [0.25, 0.3) is 11.8 Å². The first-order valence-electron chi connectivity index (χ1n) is 14.1. The van der Waals surface area contributed by atoms with E-state index in [1.54, 1.807) is 24.4 Å². The number of nitrogens with one attached hydrogen (secondary N) is 4. The number of rotatable bonds is 12. The average molecular weight is 568 g/mol. The molecule has 0 spiro atoms. The third-order valence-corrected chi connectivity index (χ3v) is 7.43. The highest BCUT2D eigenvalue weighted by Gasteiger charge is 2.44. The van der Waals surface area contributed by atoms with Crippen molar-refractivity contribution in [2.75, 3.05) is 18.4 Å². The maximum absolute atomic E-state index is 13.0. The molecule has 1 aromatic heterocycles. The Balaban J connectivity index is 1.01. The number of carbonyl (C=O) groups is 4. The van der Waals surface area contributed by atoms with Gasteiger partial charge in [-0.05, 0) is 62.1 Å². The number of imide groups is 2. The van der Waals surface area contributed by atoms with Crippen molar-refractivity contribution in [3.8, 4) is 0 Å². The molecule has 2 aliphatic rings. The lowest BCUT2D eigenvalue weighted by atomic mass is 10.0. The Hall–Kier alpha value is -4.93. The number of carbonyl (C=O) groups excluding carboxylic acids is 4. The standard InChI is InChI=1S/C31H33N7O4/c1-19(28(32)25-18-35-23-8-4-5-9-24(23)36-25)17-33-14-6-2-3-7-15-34-20-10-11-21-22(16-20)31(42)38(30(21)41)26-12-13-27(39)37-29(26)40/h4-5,8-11,16-18,26,32-34H,2-3,6-7,12-15H2,1H3,(H,37,39,40)/b19-17-,32-28?. The van der Waals surface area contributed by atoms with Crippen molar-refractivity contribution in [2.45, 2.75) is 51.5 Å². The fourth-order valence-electron chi connectivity index (χ4n) is 5.10. The summed E-state index contributed by atoms with van der Waals surface area (Å²) in [6, 6.07) is 11.7. The number of aromatic nitrogens is 2. The van der Waals surface area contributed by atoms with Crippen molar-refractivity contribution in [1.82, 2.24) is 25.5 Å². The first kappa shape index (κ1) is 28.6. The van der Waals surface area contributed by atoms with Crippen molar-refractivity contribution in [2.24, 2.45) is 0 Å². The summed E-state index contributed by atoms with van der Waals surface area (Å²) < 4.78 is 0. The van der Waals surface area contributed by atoms with E-state index in [0.29, 0.717) is 18.0 Å². The van der Waals surface area contributed by atoms with E-state index >= 15 is 0 Å². The lowest BCUT2D eigenvalue weighted by Crippen LogP contribution is -2.54. The predicted molar refractivity (Wildman–Crippen MR) is 158 cm³/mol. The maximum atomic E-state index is 13.0. The van der Waals surface area contributed by atoms with Gasteiger partial charge in [-0.15, -0.1) is 0 Å². The summed E-state index contributed by atoms with van der Waals surface area (Å²) in [5, 5.41) is 17.2. The number of anilines is 1. The third-order valence-electron chi connectivity index (χ3n) is 7.43. The van der Waals surface area contributed by atoms with Crippen LogP contribution in [0, 0.1) is 5.41 Å². The van der Waals surface area contributed by atoms with Gasteiger partial charge in [0.2, 0.25) is 11.8 Å². The van der Waals surface area contributed by atoms with Gasteiger partial charge >= 0.3 is 0 Å². The van der Waals surface area contributed by atoms with E-state index in [0.717, 1.165) is 59.4 Å². The molecule has 0 radical (unpaired) electrons. The van der Waals surface area contributed by atoms with Crippen LogP contribution in [0.5, 0.6) is 0 Å². The minimum Gasteiger partial charge on any atom is -0.391 e. The molecular formula is C31H33N7O4. The number of benzene rings is 2. The van der Waals surface area contributed by atoms with Gasteiger partial charge in [-0.2, -0.15) is 0 Å². The fourth-order valence-corrected chi connectivity index (χ4v) is 5.10. The first-order valence-corrected chi connectivity index (χ1v) is 14.1. The van der Waals surface area contributed by atoms with Gasteiger partial charge in [0.15, 0.2) is 0 Å². The molecule has 3 aromatic rings. The van der Waals surface area contributed by atoms with Gasteiger partial charge in [0.05, 0.1) is 34.1 Å². The van der Waals surface area contributed by atoms with E-state index in [-0.39, 0.29) is 24.0 Å². The molecule has 5 rings (SSSR count). The summed E-state index contributed by atoms with van der Waals surface area (Å²) in [6.07, 6.45) is 7.68. The largest absolute Gasteiger partial charge is 0.391 e.